The van der Waals surface area contributed by atoms with Gasteiger partial charge < -0.3 is 0 Å². The fourth-order valence-electron chi connectivity index (χ4n) is 5.46. The summed E-state index contributed by atoms with van der Waals surface area (Å²) in [6, 6.07) is 30.9. The van der Waals surface area contributed by atoms with Gasteiger partial charge in [-0.25, -0.2) is 0 Å². The van der Waals surface area contributed by atoms with E-state index >= 15 is 0 Å². The largest absolute Gasteiger partial charge is 0.0724 e. The van der Waals surface area contributed by atoms with Crippen LogP contribution in [-0.4, -0.2) is 0 Å². The predicted octanol–water partition coefficient (Wildman–Crippen LogP) is 10.0. The van der Waals surface area contributed by atoms with Crippen LogP contribution in [0, 0.1) is 13.8 Å². The molecule has 0 atom stereocenters. The van der Waals surface area contributed by atoms with Crippen molar-refractivity contribution in [3.8, 4) is 22.3 Å². The van der Waals surface area contributed by atoms with Crippen molar-refractivity contribution in [1.82, 2.24) is 0 Å². The molecule has 0 N–H and O–H groups in total. The smallest absolute Gasteiger partial charge is 0.00635 e. The Morgan fingerprint density at radius 2 is 0.917 bits per heavy atom. The summed E-state index contributed by atoms with van der Waals surface area (Å²) >= 11 is 0. The van der Waals surface area contributed by atoms with Crippen molar-refractivity contribution in [3.63, 3.8) is 0 Å². The van der Waals surface area contributed by atoms with E-state index in [0.717, 1.165) is 25.7 Å². The van der Waals surface area contributed by atoms with Crippen LogP contribution in [0.15, 0.2) is 96.1 Å². The maximum atomic E-state index is 2.39. The van der Waals surface area contributed by atoms with Gasteiger partial charge in [-0.15, -0.1) is 0 Å². The molecule has 0 amide bonds. The van der Waals surface area contributed by atoms with Crippen molar-refractivity contribution in [1.29, 1.82) is 0 Å². The molecule has 0 saturated heterocycles. The van der Waals surface area contributed by atoms with Crippen molar-refractivity contribution >= 4 is 12.2 Å². The maximum absolute atomic E-state index is 2.39. The Balaban J connectivity index is 1.32. The van der Waals surface area contributed by atoms with Crippen LogP contribution in [0.25, 0.3) is 34.4 Å². The molecule has 0 aromatic heterocycles. The monoisotopic (exact) mass is 468 g/mol. The van der Waals surface area contributed by atoms with Gasteiger partial charge in [0.05, 0.1) is 0 Å². The molecular formula is C36H36. The van der Waals surface area contributed by atoms with Gasteiger partial charge in [-0.3, -0.25) is 0 Å². The van der Waals surface area contributed by atoms with Crippen LogP contribution in [0.1, 0.15) is 60.1 Å². The molecule has 0 heterocycles. The van der Waals surface area contributed by atoms with Crippen molar-refractivity contribution < 1.29 is 0 Å². The van der Waals surface area contributed by atoms with E-state index in [1.54, 1.807) is 0 Å². The van der Waals surface area contributed by atoms with Crippen molar-refractivity contribution in [2.75, 3.05) is 0 Å². The third-order valence-electron chi connectivity index (χ3n) is 7.66. The Hall–Kier alpha value is -3.64. The van der Waals surface area contributed by atoms with Gasteiger partial charge in [0.2, 0.25) is 0 Å². The summed E-state index contributed by atoms with van der Waals surface area (Å²) in [5.74, 6) is 0. The van der Waals surface area contributed by atoms with Gasteiger partial charge >= 0.3 is 0 Å². The summed E-state index contributed by atoms with van der Waals surface area (Å²) < 4.78 is 0. The molecule has 1 aliphatic carbocycles. The molecule has 0 aliphatic heterocycles. The lowest BCUT2D eigenvalue weighted by molar-refractivity contribution is 0.948. The first-order chi connectivity index (χ1) is 17.5. The molecule has 0 radical (unpaired) electrons. The summed E-state index contributed by atoms with van der Waals surface area (Å²) in [6.45, 7) is 9.10. The first-order valence-corrected chi connectivity index (χ1v) is 13.2. The number of rotatable bonds is 8. The van der Waals surface area contributed by atoms with Crippen LogP contribution in [-0.2, 0) is 12.8 Å². The molecule has 36 heavy (non-hydrogen) atoms. The van der Waals surface area contributed by atoms with Crippen molar-refractivity contribution in [2.24, 2.45) is 0 Å². The van der Waals surface area contributed by atoms with Gasteiger partial charge in [0, 0.05) is 0 Å². The molecule has 4 aromatic rings. The highest BCUT2D eigenvalue weighted by Gasteiger charge is 2.27. The zero-order chi connectivity index (χ0) is 25.1. The summed E-state index contributed by atoms with van der Waals surface area (Å²) in [7, 11) is 0. The van der Waals surface area contributed by atoms with Crippen LogP contribution in [0.2, 0.25) is 0 Å². The molecule has 0 unspecified atom stereocenters. The molecule has 5 rings (SSSR count). The quantitative estimate of drug-likeness (QED) is 0.212. The molecule has 0 heteroatoms. The highest BCUT2D eigenvalue weighted by molar-refractivity contribution is 6.06. The van der Waals surface area contributed by atoms with Crippen LogP contribution >= 0.6 is 0 Å². The van der Waals surface area contributed by atoms with E-state index in [0.29, 0.717) is 0 Å². The van der Waals surface area contributed by atoms with E-state index in [-0.39, 0.29) is 0 Å². The van der Waals surface area contributed by atoms with E-state index in [1.165, 1.54) is 66.8 Å². The molecule has 0 bridgehead atoms. The Kier molecular flexibility index (Phi) is 7.05. The third-order valence-corrected chi connectivity index (χ3v) is 7.66. The average Bonchev–Trinajstić information content (AvgIpc) is 2.88. The highest BCUT2D eigenvalue weighted by Crippen LogP contribution is 2.52. The van der Waals surface area contributed by atoms with Gasteiger partial charge in [-0.1, -0.05) is 108 Å². The van der Waals surface area contributed by atoms with Gasteiger partial charge in [0.1, 0.15) is 0 Å². The lowest BCUT2D eigenvalue weighted by Gasteiger charge is -2.30. The Bertz CT molecular complexity index is 1310. The Morgan fingerprint density at radius 3 is 1.31 bits per heavy atom. The molecule has 180 valence electrons. The summed E-state index contributed by atoms with van der Waals surface area (Å²) in [4.78, 5) is 0. The van der Waals surface area contributed by atoms with Crippen LogP contribution < -0.4 is 0 Å². The SMILES string of the molecule is C/C(=C\c1ccc2c(c1C)-c1ccc(/C=C(\C)CCc3ccccc3)c(C)c1-2)CCc1ccccc1. The number of hydrogen-bond acceptors (Lipinski definition) is 0. The van der Waals surface area contributed by atoms with Crippen molar-refractivity contribution in [3.05, 3.63) is 129 Å². The predicted molar refractivity (Wildman–Crippen MR) is 157 cm³/mol. The van der Waals surface area contributed by atoms with Gasteiger partial charge in [-0.05, 0) is 109 Å². The van der Waals surface area contributed by atoms with Crippen LogP contribution in [0.4, 0.5) is 0 Å². The zero-order valence-corrected chi connectivity index (χ0v) is 22.1. The second-order valence-electron chi connectivity index (χ2n) is 10.4. The van der Waals surface area contributed by atoms with Gasteiger partial charge in [0.15, 0.2) is 0 Å². The molecule has 4 aromatic carbocycles. The normalized spacial score (nSPS) is 12.7. The van der Waals surface area contributed by atoms with Crippen LogP contribution in [0.5, 0.6) is 0 Å². The summed E-state index contributed by atoms with van der Waals surface area (Å²) in [5, 5.41) is 0. The molecule has 0 spiro atoms. The number of benzene rings is 4. The lowest BCUT2D eigenvalue weighted by Crippen LogP contribution is -2.06. The summed E-state index contributed by atoms with van der Waals surface area (Å²) in [5.41, 5.74) is 16.9. The first-order valence-electron chi connectivity index (χ1n) is 13.2. The van der Waals surface area contributed by atoms with Crippen LogP contribution in [0.3, 0.4) is 0 Å². The minimum Gasteiger partial charge on any atom is -0.0724 e. The van der Waals surface area contributed by atoms with E-state index in [1.807, 2.05) is 0 Å². The van der Waals surface area contributed by atoms with E-state index in [4.69, 9.17) is 0 Å². The topological polar surface area (TPSA) is 0 Å². The number of aryl methyl sites for hydroxylation is 2. The van der Waals surface area contributed by atoms with E-state index < -0.39 is 0 Å². The third kappa shape index (κ3) is 5.00. The minimum atomic E-state index is 1.09. The summed E-state index contributed by atoms with van der Waals surface area (Å²) in [6.07, 6.45) is 9.14. The second-order valence-corrected chi connectivity index (χ2v) is 10.4. The zero-order valence-electron chi connectivity index (χ0n) is 22.1. The molecule has 0 saturated carbocycles. The maximum Gasteiger partial charge on any atom is -0.00635 e. The standard InChI is InChI=1S/C36H36/c1-25(15-17-29-11-7-5-8-12-29)23-31-19-21-33-35(27(31)3)34-22-20-32(28(4)36(33)34)24-26(2)16-18-30-13-9-6-10-14-30/h5-14,19-24H,15-18H2,1-4H3/b25-23+,26-24+. The van der Waals surface area contributed by atoms with Crippen molar-refractivity contribution in [2.45, 2.75) is 53.4 Å². The first kappa shape index (κ1) is 24.1. The second kappa shape index (κ2) is 10.5. The molecule has 1 aliphatic rings. The number of fused-ring (bicyclic) bond motifs is 4. The fraction of sp³-hybridized carbons (Fsp3) is 0.222. The molecular weight excluding hydrogens is 432 g/mol. The number of hydrogen-bond donors (Lipinski definition) is 0. The number of allylic oxidation sites excluding steroid dienone is 2. The Morgan fingerprint density at radius 1 is 0.528 bits per heavy atom. The minimum absolute atomic E-state index is 1.09. The van der Waals surface area contributed by atoms with Gasteiger partial charge in [0.25, 0.3) is 0 Å². The van der Waals surface area contributed by atoms with E-state index in [9.17, 15) is 0 Å². The fourth-order valence-corrected chi connectivity index (χ4v) is 5.46. The Labute approximate surface area is 217 Å². The highest BCUT2D eigenvalue weighted by atomic mass is 14.3. The average molecular weight is 469 g/mol. The van der Waals surface area contributed by atoms with E-state index in [2.05, 4.69) is 125 Å². The lowest BCUT2D eigenvalue weighted by atomic mass is 9.73. The molecule has 0 nitrogen and oxygen atoms in total. The molecule has 0 fully saturated rings. The van der Waals surface area contributed by atoms with Gasteiger partial charge in [-0.2, -0.15) is 0 Å².